The van der Waals surface area contributed by atoms with Gasteiger partial charge in [0.1, 0.15) is 0 Å². The Morgan fingerprint density at radius 1 is 1.03 bits per heavy atom. The standard InChI is InChI=1S/C23H19BrN4O2S2/c24-17-8-6-15(7-9-17)12-13-25-22-27-19-11-10-18(14-20(19)32-22)26-23(30)28(31)21(29)16-4-2-1-3-5-16/h1-11,14,31H,12-13H2,(H,25,27)(H,26,30). The second-order valence-corrected chi connectivity index (χ2v) is 9.26. The molecule has 0 aliphatic rings. The summed E-state index contributed by atoms with van der Waals surface area (Å²) in [5.74, 6) is -0.498. The lowest BCUT2D eigenvalue weighted by Gasteiger charge is -2.14. The van der Waals surface area contributed by atoms with Gasteiger partial charge in [0.05, 0.1) is 10.2 Å². The van der Waals surface area contributed by atoms with E-state index >= 15 is 0 Å². The van der Waals surface area contributed by atoms with Crippen LogP contribution in [0.1, 0.15) is 15.9 Å². The van der Waals surface area contributed by atoms with E-state index in [0.717, 1.165) is 37.1 Å². The maximum absolute atomic E-state index is 12.5. The van der Waals surface area contributed by atoms with Crippen LogP contribution in [0.4, 0.5) is 15.6 Å². The summed E-state index contributed by atoms with van der Waals surface area (Å²) in [4.78, 5) is 29.4. The lowest BCUT2D eigenvalue weighted by atomic mass is 10.1. The van der Waals surface area contributed by atoms with Crippen LogP contribution < -0.4 is 10.6 Å². The number of thiol groups is 1. The third-order valence-electron chi connectivity index (χ3n) is 4.65. The number of halogens is 1. The van der Waals surface area contributed by atoms with Crippen LogP contribution >= 0.6 is 40.1 Å². The van der Waals surface area contributed by atoms with E-state index in [9.17, 15) is 9.59 Å². The maximum Gasteiger partial charge on any atom is 0.338 e. The first-order chi connectivity index (χ1) is 15.5. The molecule has 3 aromatic carbocycles. The molecule has 0 atom stereocenters. The molecule has 0 unspecified atom stereocenters. The molecule has 0 aliphatic heterocycles. The molecule has 0 fully saturated rings. The largest absolute Gasteiger partial charge is 0.361 e. The maximum atomic E-state index is 12.5. The number of carbonyl (C=O) groups excluding carboxylic acids is 2. The summed E-state index contributed by atoms with van der Waals surface area (Å²) in [6, 6.07) is 21.6. The van der Waals surface area contributed by atoms with Gasteiger partial charge in [-0.3, -0.25) is 4.79 Å². The third-order valence-corrected chi connectivity index (χ3v) is 6.52. The molecule has 1 aromatic heterocycles. The Morgan fingerprint density at radius 3 is 2.53 bits per heavy atom. The van der Waals surface area contributed by atoms with Gasteiger partial charge in [-0.1, -0.05) is 70.4 Å². The summed E-state index contributed by atoms with van der Waals surface area (Å²) in [7, 11) is 0. The van der Waals surface area contributed by atoms with Crippen molar-refractivity contribution in [2.75, 3.05) is 17.2 Å². The van der Waals surface area contributed by atoms with Crippen LogP contribution in [0, 0.1) is 0 Å². The molecule has 0 saturated heterocycles. The normalized spacial score (nSPS) is 10.7. The van der Waals surface area contributed by atoms with E-state index in [-0.39, 0.29) is 0 Å². The number of hydrogen-bond donors (Lipinski definition) is 3. The number of nitrogens with zero attached hydrogens (tertiary/aromatic N) is 2. The van der Waals surface area contributed by atoms with Crippen molar-refractivity contribution < 1.29 is 9.59 Å². The van der Waals surface area contributed by atoms with Crippen molar-refractivity contribution in [3.63, 3.8) is 0 Å². The molecule has 4 aromatic rings. The molecule has 0 saturated carbocycles. The molecule has 9 heteroatoms. The van der Waals surface area contributed by atoms with E-state index in [1.807, 2.05) is 24.3 Å². The minimum atomic E-state index is -0.626. The Kier molecular flexibility index (Phi) is 7.09. The topological polar surface area (TPSA) is 74.3 Å². The minimum Gasteiger partial charge on any atom is -0.361 e. The highest BCUT2D eigenvalue weighted by Crippen LogP contribution is 2.28. The molecule has 3 amide bonds. The number of hydrogen-bond acceptors (Lipinski definition) is 6. The van der Waals surface area contributed by atoms with Gasteiger partial charge in [-0.05, 0) is 54.4 Å². The van der Waals surface area contributed by atoms with E-state index in [1.54, 1.807) is 36.4 Å². The van der Waals surface area contributed by atoms with Gasteiger partial charge < -0.3 is 10.6 Å². The van der Waals surface area contributed by atoms with Crippen LogP contribution in [0.2, 0.25) is 0 Å². The number of amides is 3. The van der Waals surface area contributed by atoms with Crippen molar-refractivity contribution >= 4 is 73.1 Å². The number of urea groups is 1. The number of thiazole rings is 1. The molecule has 162 valence electrons. The van der Waals surface area contributed by atoms with Crippen LogP contribution in [-0.4, -0.2) is 27.8 Å². The zero-order valence-corrected chi connectivity index (χ0v) is 20.1. The van der Waals surface area contributed by atoms with Crippen molar-refractivity contribution in [1.82, 2.24) is 9.29 Å². The molecular weight excluding hydrogens is 508 g/mol. The van der Waals surface area contributed by atoms with Gasteiger partial charge in [0.2, 0.25) is 0 Å². The first-order valence-electron chi connectivity index (χ1n) is 9.78. The Hall–Kier alpha value is -2.88. The van der Waals surface area contributed by atoms with Gasteiger partial charge in [-0.15, -0.1) is 0 Å². The van der Waals surface area contributed by atoms with Crippen LogP contribution in [0.15, 0.2) is 77.3 Å². The first-order valence-corrected chi connectivity index (χ1v) is 11.8. The van der Waals surface area contributed by atoms with Crippen LogP contribution in [0.3, 0.4) is 0 Å². The Balaban J connectivity index is 1.37. The highest BCUT2D eigenvalue weighted by Gasteiger charge is 2.20. The van der Waals surface area contributed by atoms with E-state index in [2.05, 4.69) is 56.5 Å². The van der Waals surface area contributed by atoms with Gasteiger partial charge in [-0.25, -0.2) is 14.1 Å². The van der Waals surface area contributed by atoms with E-state index in [0.29, 0.717) is 11.3 Å². The van der Waals surface area contributed by atoms with Gasteiger partial charge >= 0.3 is 6.03 Å². The zero-order valence-electron chi connectivity index (χ0n) is 16.8. The van der Waals surface area contributed by atoms with Crippen molar-refractivity contribution in [3.05, 3.63) is 88.4 Å². The summed E-state index contributed by atoms with van der Waals surface area (Å²) in [6.45, 7) is 0.765. The van der Waals surface area contributed by atoms with Gasteiger partial charge in [0.25, 0.3) is 5.91 Å². The Labute approximate surface area is 203 Å². The molecule has 4 rings (SSSR count). The fraction of sp³-hybridized carbons (Fsp3) is 0.0870. The highest BCUT2D eigenvalue weighted by molar-refractivity contribution is 9.10. The summed E-state index contributed by atoms with van der Waals surface area (Å²) in [5, 5.41) is 6.87. The summed E-state index contributed by atoms with van der Waals surface area (Å²) in [6.07, 6.45) is 0.887. The average molecular weight is 527 g/mol. The fourth-order valence-corrected chi connectivity index (χ4v) is 4.37. The SMILES string of the molecule is O=C(Nc1ccc2nc(NCCc3ccc(Br)cc3)sc2c1)N(S)C(=O)c1ccccc1. The van der Waals surface area contributed by atoms with Crippen molar-refractivity contribution in [2.24, 2.45) is 0 Å². The second-order valence-electron chi connectivity index (χ2n) is 6.92. The Bertz CT molecular complexity index is 1250. The second kappa shape index (κ2) is 10.2. The van der Waals surface area contributed by atoms with E-state index in [1.165, 1.54) is 16.9 Å². The highest BCUT2D eigenvalue weighted by atomic mass is 79.9. The van der Waals surface area contributed by atoms with Crippen molar-refractivity contribution in [1.29, 1.82) is 0 Å². The molecule has 0 radical (unpaired) electrons. The number of anilines is 2. The Morgan fingerprint density at radius 2 is 1.78 bits per heavy atom. The summed E-state index contributed by atoms with van der Waals surface area (Å²) >= 11 is 9.01. The van der Waals surface area contributed by atoms with Crippen molar-refractivity contribution in [3.8, 4) is 0 Å². The molecule has 0 aliphatic carbocycles. The molecule has 0 bridgehead atoms. The fourth-order valence-electron chi connectivity index (χ4n) is 3.01. The molecule has 0 spiro atoms. The number of fused-ring (bicyclic) bond motifs is 1. The molecular formula is C23H19BrN4O2S2. The first kappa shape index (κ1) is 22.3. The number of imide groups is 1. The molecule has 1 heterocycles. The number of carbonyl (C=O) groups is 2. The number of rotatable bonds is 6. The van der Waals surface area contributed by atoms with Gasteiger partial charge in [0.15, 0.2) is 5.13 Å². The molecule has 6 nitrogen and oxygen atoms in total. The van der Waals surface area contributed by atoms with E-state index in [4.69, 9.17) is 0 Å². The molecule has 2 N–H and O–H groups in total. The number of aromatic nitrogens is 1. The summed E-state index contributed by atoms with van der Waals surface area (Å²) in [5.41, 5.74) is 3.03. The quantitative estimate of drug-likeness (QED) is 0.260. The van der Waals surface area contributed by atoms with Crippen LogP contribution in [0.5, 0.6) is 0 Å². The third kappa shape index (κ3) is 5.48. The smallest absolute Gasteiger partial charge is 0.338 e. The average Bonchev–Trinajstić information content (AvgIpc) is 3.22. The van der Waals surface area contributed by atoms with Crippen LogP contribution in [0.25, 0.3) is 10.2 Å². The summed E-state index contributed by atoms with van der Waals surface area (Å²) < 4.78 is 2.75. The van der Waals surface area contributed by atoms with Crippen molar-refractivity contribution in [2.45, 2.75) is 6.42 Å². The van der Waals surface area contributed by atoms with E-state index < -0.39 is 11.9 Å². The zero-order chi connectivity index (χ0) is 22.5. The predicted molar refractivity (Wildman–Crippen MR) is 137 cm³/mol. The van der Waals surface area contributed by atoms with Gasteiger partial charge in [-0.2, -0.15) is 0 Å². The monoisotopic (exact) mass is 526 g/mol. The van der Waals surface area contributed by atoms with Crippen LogP contribution in [-0.2, 0) is 6.42 Å². The number of benzene rings is 3. The van der Waals surface area contributed by atoms with Gasteiger partial charge in [0, 0.05) is 22.3 Å². The minimum absolute atomic E-state index is 0.384. The lowest BCUT2D eigenvalue weighted by Crippen LogP contribution is -2.32. The predicted octanol–water partition coefficient (Wildman–Crippen LogP) is 6.23. The number of nitrogens with one attached hydrogen (secondary N) is 2. The lowest BCUT2D eigenvalue weighted by molar-refractivity contribution is 0.0902. The molecule has 32 heavy (non-hydrogen) atoms.